The Morgan fingerprint density at radius 2 is 1.79 bits per heavy atom. The van der Waals surface area contributed by atoms with Gasteiger partial charge in [0.1, 0.15) is 5.75 Å². The second-order valence-electron chi connectivity index (χ2n) is 7.19. The fraction of sp³-hybridized carbons (Fsp3) is 0.364. The van der Waals surface area contributed by atoms with E-state index in [0.717, 1.165) is 17.7 Å². The monoisotopic (exact) mass is 404 g/mol. The number of rotatable bonds is 7. The van der Waals surface area contributed by atoms with E-state index >= 15 is 0 Å². The molecule has 0 aliphatic heterocycles. The average molecular weight is 404 g/mol. The Balaban J connectivity index is 2.22. The van der Waals surface area contributed by atoms with Gasteiger partial charge in [-0.1, -0.05) is 44.2 Å². The lowest BCUT2D eigenvalue weighted by atomic mass is 10.0. The standard InChI is InChI=1S/C22H23F3N2O2/c1-14(2)11-20(21(28)27-15(3)16-7-5-4-6-8-16)29-18-10-9-17(13-26)19(12-18)22(23,24)25/h4-10,12,14-15,20H,11H2,1-3H3,(H,27,28)/t15-,20?/m1/s1. The summed E-state index contributed by atoms with van der Waals surface area (Å²) in [7, 11) is 0. The van der Waals surface area contributed by atoms with E-state index in [4.69, 9.17) is 10.00 Å². The number of amides is 1. The zero-order valence-corrected chi connectivity index (χ0v) is 16.5. The van der Waals surface area contributed by atoms with E-state index in [-0.39, 0.29) is 17.7 Å². The molecule has 7 heteroatoms. The SMILES string of the molecule is CC(C)CC(Oc1ccc(C#N)c(C(F)(F)F)c1)C(=O)N[C@H](C)c1ccccc1. The molecule has 0 bridgehead atoms. The van der Waals surface area contributed by atoms with Crippen LogP contribution in [-0.2, 0) is 11.0 Å². The first-order valence-electron chi connectivity index (χ1n) is 9.25. The highest BCUT2D eigenvalue weighted by molar-refractivity contribution is 5.81. The summed E-state index contributed by atoms with van der Waals surface area (Å²) in [5.41, 5.74) is -0.673. The number of hydrogen-bond acceptors (Lipinski definition) is 3. The number of nitrogens with one attached hydrogen (secondary N) is 1. The topological polar surface area (TPSA) is 62.1 Å². The number of nitriles is 1. The van der Waals surface area contributed by atoms with Gasteiger partial charge in [0.25, 0.3) is 5.91 Å². The summed E-state index contributed by atoms with van der Waals surface area (Å²) in [6.07, 6.45) is -5.33. The third-order valence-corrected chi connectivity index (χ3v) is 4.33. The molecular weight excluding hydrogens is 381 g/mol. The number of nitrogens with zero attached hydrogens (tertiary/aromatic N) is 1. The number of hydrogen-bond donors (Lipinski definition) is 1. The van der Waals surface area contributed by atoms with Gasteiger partial charge in [0, 0.05) is 0 Å². The van der Waals surface area contributed by atoms with Crippen LogP contribution in [0.2, 0.25) is 0 Å². The summed E-state index contributed by atoms with van der Waals surface area (Å²) in [5.74, 6) is -0.435. The Bertz CT molecular complexity index is 874. The van der Waals surface area contributed by atoms with Gasteiger partial charge in [0.2, 0.25) is 0 Å². The minimum atomic E-state index is -4.69. The van der Waals surface area contributed by atoms with Gasteiger partial charge in [-0.25, -0.2) is 0 Å². The van der Waals surface area contributed by atoms with Gasteiger partial charge in [0.15, 0.2) is 6.10 Å². The molecule has 0 saturated heterocycles. The highest BCUT2D eigenvalue weighted by Gasteiger charge is 2.34. The second-order valence-corrected chi connectivity index (χ2v) is 7.19. The van der Waals surface area contributed by atoms with Crippen molar-refractivity contribution in [2.75, 3.05) is 0 Å². The van der Waals surface area contributed by atoms with Crippen LogP contribution in [0.25, 0.3) is 0 Å². The lowest BCUT2D eigenvalue weighted by Gasteiger charge is -2.23. The van der Waals surface area contributed by atoms with Crippen molar-refractivity contribution in [3.63, 3.8) is 0 Å². The lowest BCUT2D eigenvalue weighted by Crippen LogP contribution is -2.40. The quantitative estimate of drug-likeness (QED) is 0.686. The zero-order chi connectivity index (χ0) is 21.6. The van der Waals surface area contributed by atoms with Crippen molar-refractivity contribution in [1.82, 2.24) is 5.32 Å². The van der Waals surface area contributed by atoms with Crippen LogP contribution in [0.1, 0.15) is 49.9 Å². The van der Waals surface area contributed by atoms with Gasteiger partial charge in [-0.15, -0.1) is 0 Å². The van der Waals surface area contributed by atoms with Crippen molar-refractivity contribution in [2.24, 2.45) is 5.92 Å². The summed E-state index contributed by atoms with van der Waals surface area (Å²) in [6, 6.07) is 13.7. The smallest absolute Gasteiger partial charge is 0.417 e. The molecule has 0 saturated carbocycles. The van der Waals surface area contributed by atoms with Crippen molar-refractivity contribution < 1.29 is 22.7 Å². The molecule has 1 amide bonds. The third-order valence-electron chi connectivity index (χ3n) is 4.33. The largest absolute Gasteiger partial charge is 0.481 e. The van der Waals surface area contributed by atoms with Crippen molar-refractivity contribution in [3.8, 4) is 11.8 Å². The van der Waals surface area contributed by atoms with Gasteiger partial charge < -0.3 is 10.1 Å². The minimum Gasteiger partial charge on any atom is -0.481 e. The van der Waals surface area contributed by atoms with Crippen LogP contribution < -0.4 is 10.1 Å². The highest BCUT2D eigenvalue weighted by atomic mass is 19.4. The molecule has 0 aromatic heterocycles. The molecule has 0 radical (unpaired) electrons. The van der Waals surface area contributed by atoms with E-state index < -0.39 is 29.3 Å². The van der Waals surface area contributed by atoms with E-state index in [1.54, 1.807) is 0 Å². The van der Waals surface area contributed by atoms with Crippen LogP contribution in [0.15, 0.2) is 48.5 Å². The first-order chi connectivity index (χ1) is 13.6. The fourth-order valence-corrected chi connectivity index (χ4v) is 2.86. The molecule has 4 nitrogen and oxygen atoms in total. The maximum Gasteiger partial charge on any atom is 0.417 e. The first-order valence-corrected chi connectivity index (χ1v) is 9.25. The second kappa shape index (κ2) is 9.46. The van der Waals surface area contributed by atoms with E-state index in [9.17, 15) is 18.0 Å². The molecule has 1 unspecified atom stereocenters. The molecule has 29 heavy (non-hydrogen) atoms. The molecule has 1 N–H and O–H groups in total. The molecule has 2 aromatic rings. The predicted octanol–water partition coefficient (Wildman–Crippen LogP) is 5.25. The van der Waals surface area contributed by atoms with Crippen LogP contribution in [0, 0.1) is 17.2 Å². The Morgan fingerprint density at radius 3 is 2.34 bits per heavy atom. The molecule has 0 fully saturated rings. The summed E-state index contributed by atoms with van der Waals surface area (Å²) in [5, 5.41) is 11.8. The van der Waals surface area contributed by atoms with E-state index in [2.05, 4.69) is 5.32 Å². The fourth-order valence-electron chi connectivity index (χ4n) is 2.86. The maximum absolute atomic E-state index is 13.2. The van der Waals surface area contributed by atoms with Crippen molar-refractivity contribution in [2.45, 2.75) is 45.5 Å². The average Bonchev–Trinajstić information content (AvgIpc) is 2.67. The zero-order valence-electron chi connectivity index (χ0n) is 16.5. The van der Waals surface area contributed by atoms with E-state index in [1.807, 2.05) is 51.1 Å². The van der Waals surface area contributed by atoms with Crippen molar-refractivity contribution in [3.05, 3.63) is 65.2 Å². The maximum atomic E-state index is 13.2. The molecule has 2 rings (SSSR count). The van der Waals surface area contributed by atoms with Gasteiger partial charge >= 0.3 is 6.18 Å². The van der Waals surface area contributed by atoms with Gasteiger partial charge in [-0.05, 0) is 43.0 Å². The number of alkyl halides is 3. The van der Waals surface area contributed by atoms with Crippen LogP contribution >= 0.6 is 0 Å². The minimum absolute atomic E-state index is 0.0817. The predicted molar refractivity (Wildman–Crippen MR) is 103 cm³/mol. The van der Waals surface area contributed by atoms with Crippen molar-refractivity contribution in [1.29, 1.82) is 5.26 Å². The lowest BCUT2D eigenvalue weighted by molar-refractivity contribution is -0.137. The molecule has 0 aliphatic rings. The molecule has 0 heterocycles. The molecule has 0 spiro atoms. The van der Waals surface area contributed by atoms with E-state index in [0.29, 0.717) is 6.42 Å². The Labute approximate surface area is 168 Å². The van der Waals surface area contributed by atoms with Gasteiger partial charge in [-0.3, -0.25) is 4.79 Å². The van der Waals surface area contributed by atoms with Crippen LogP contribution in [0.4, 0.5) is 13.2 Å². The Morgan fingerprint density at radius 1 is 1.14 bits per heavy atom. The van der Waals surface area contributed by atoms with Crippen LogP contribution in [-0.4, -0.2) is 12.0 Å². The normalized spacial score (nSPS) is 13.4. The third kappa shape index (κ3) is 6.24. The summed E-state index contributed by atoms with van der Waals surface area (Å²) in [4.78, 5) is 12.8. The Kier molecular flexibility index (Phi) is 7.27. The van der Waals surface area contributed by atoms with Crippen LogP contribution in [0.3, 0.4) is 0 Å². The molecule has 2 atom stereocenters. The van der Waals surface area contributed by atoms with Gasteiger partial charge in [-0.2, -0.15) is 18.4 Å². The first kappa shape index (κ1) is 22.3. The summed E-state index contributed by atoms with van der Waals surface area (Å²) < 4.78 is 45.2. The van der Waals surface area contributed by atoms with E-state index in [1.165, 1.54) is 12.1 Å². The molecule has 2 aromatic carbocycles. The van der Waals surface area contributed by atoms with Crippen molar-refractivity contribution >= 4 is 5.91 Å². The number of carbonyl (C=O) groups is 1. The number of benzene rings is 2. The Hall–Kier alpha value is -3.01. The highest BCUT2D eigenvalue weighted by Crippen LogP contribution is 2.34. The molecule has 154 valence electrons. The molecular formula is C22H23F3N2O2. The summed E-state index contributed by atoms with van der Waals surface area (Å²) >= 11 is 0. The molecule has 0 aliphatic carbocycles. The number of ether oxygens (including phenoxy) is 1. The number of carbonyl (C=O) groups excluding carboxylic acids is 1. The summed E-state index contributed by atoms with van der Waals surface area (Å²) in [6.45, 7) is 5.61. The van der Waals surface area contributed by atoms with Crippen LogP contribution in [0.5, 0.6) is 5.75 Å². The van der Waals surface area contributed by atoms with Gasteiger partial charge in [0.05, 0.1) is 23.2 Å². The number of halogens is 3.